The maximum atomic E-state index is 14.0. The molecule has 0 radical (unpaired) electrons. The molecule has 15 heteroatoms. The number of nitrogens with one attached hydrogen (secondary N) is 3. The molecule has 0 saturated carbocycles. The van der Waals surface area contributed by atoms with Crippen molar-refractivity contribution >= 4 is 46.7 Å². The summed E-state index contributed by atoms with van der Waals surface area (Å²) >= 11 is 1.62. The maximum absolute atomic E-state index is 14.0. The third-order valence-corrected chi connectivity index (χ3v) is 12.5. The highest BCUT2D eigenvalue weighted by Gasteiger charge is 2.45. The average molecular weight is 817 g/mol. The number of aryl methyl sites for hydroxylation is 1. The first kappa shape index (κ1) is 44.1. The molecule has 58 heavy (non-hydrogen) atoms. The standard InChI is InChI=1S/C43H60N8O6S/c1-29-26-36(40(54)45-19-17-32-9-11-33(12-10-32)38-30(2)46-28-58-38)51(27-29)41(55)43(4,5)31(3)47-37(52)8-7-18-44-39(53)34-13-15-35(16-14-34)50-24-22-49(23-25-50)21-20-48(6)42(56)57/h9-16,28-29,31,36H,7-8,17-27H2,1-6H3,(H,44,53)(H,45,54)(H,47,52)(H,56,57)/t29-,31+,36+/m1/s1. The number of amides is 5. The van der Waals surface area contributed by atoms with E-state index in [-0.39, 0.29) is 36.0 Å². The number of carboxylic acid groups (broad SMARTS) is 1. The summed E-state index contributed by atoms with van der Waals surface area (Å²) in [5, 5.41) is 18.0. The van der Waals surface area contributed by atoms with E-state index in [1.54, 1.807) is 35.4 Å². The van der Waals surface area contributed by atoms with Crippen LogP contribution in [-0.4, -0.2) is 133 Å². The Bertz CT molecular complexity index is 1880. The average Bonchev–Trinajstić information content (AvgIpc) is 3.83. The van der Waals surface area contributed by atoms with Gasteiger partial charge in [0.2, 0.25) is 17.7 Å². The predicted molar refractivity (Wildman–Crippen MR) is 227 cm³/mol. The fraction of sp³-hybridized carbons (Fsp3) is 0.535. The van der Waals surface area contributed by atoms with Gasteiger partial charge in [0.25, 0.3) is 5.91 Å². The fourth-order valence-corrected chi connectivity index (χ4v) is 8.22. The summed E-state index contributed by atoms with van der Waals surface area (Å²) in [7, 11) is 1.57. The van der Waals surface area contributed by atoms with Crippen LogP contribution in [0, 0.1) is 18.3 Å². The van der Waals surface area contributed by atoms with Crippen molar-refractivity contribution in [2.75, 3.05) is 70.9 Å². The zero-order chi connectivity index (χ0) is 42.0. The lowest BCUT2D eigenvalue weighted by atomic mass is 9.83. The topological polar surface area (TPSA) is 168 Å². The molecule has 4 N–H and O–H groups in total. The number of aromatic nitrogens is 1. The van der Waals surface area contributed by atoms with Crippen molar-refractivity contribution in [1.29, 1.82) is 0 Å². The smallest absolute Gasteiger partial charge is 0.407 e. The van der Waals surface area contributed by atoms with Crippen LogP contribution in [0.1, 0.15) is 68.6 Å². The van der Waals surface area contributed by atoms with Crippen LogP contribution in [0.25, 0.3) is 10.4 Å². The number of thiazole rings is 1. The lowest BCUT2D eigenvalue weighted by Gasteiger charge is -2.36. The van der Waals surface area contributed by atoms with Crippen LogP contribution in [-0.2, 0) is 20.8 Å². The number of likely N-dealkylation sites (N-methyl/N-ethyl adjacent to an activating group) is 1. The van der Waals surface area contributed by atoms with Crippen molar-refractivity contribution < 1.29 is 29.1 Å². The van der Waals surface area contributed by atoms with Crippen LogP contribution in [0.15, 0.2) is 54.0 Å². The third kappa shape index (κ3) is 11.6. The first-order valence-electron chi connectivity index (χ1n) is 20.3. The highest BCUT2D eigenvalue weighted by Crippen LogP contribution is 2.32. The van der Waals surface area contributed by atoms with E-state index in [1.807, 2.05) is 52.3 Å². The first-order chi connectivity index (χ1) is 27.6. The minimum Gasteiger partial charge on any atom is -0.465 e. The zero-order valence-electron chi connectivity index (χ0n) is 34.8. The normalized spacial score (nSPS) is 17.8. The Morgan fingerprint density at radius 2 is 1.67 bits per heavy atom. The number of anilines is 1. The summed E-state index contributed by atoms with van der Waals surface area (Å²) in [6.07, 6.45) is 0.957. The molecule has 3 aromatic rings. The number of hydrogen-bond donors (Lipinski definition) is 4. The van der Waals surface area contributed by atoms with Gasteiger partial charge in [-0.3, -0.25) is 24.1 Å². The summed E-state index contributed by atoms with van der Waals surface area (Å²) in [6, 6.07) is 14.7. The van der Waals surface area contributed by atoms with Gasteiger partial charge in [-0.25, -0.2) is 9.78 Å². The molecular weight excluding hydrogens is 757 g/mol. The Kier molecular flexibility index (Phi) is 15.3. The van der Waals surface area contributed by atoms with Gasteiger partial charge in [-0.05, 0) is 88.3 Å². The number of benzene rings is 2. The highest BCUT2D eigenvalue weighted by molar-refractivity contribution is 7.13. The molecule has 2 aromatic carbocycles. The second-order valence-electron chi connectivity index (χ2n) is 16.3. The fourth-order valence-electron chi connectivity index (χ4n) is 7.41. The Morgan fingerprint density at radius 3 is 2.31 bits per heavy atom. The Hall–Kier alpha value is -5.02. The Labute approximate surface area is 346 Å². The van der Waals surface area contributed by atoms with Crippen LogP contribution < -0.4 is 20.9 Å². The molecule has 0 aliphatic carbocycles. The number of likely N-dealkylation sites (tertiary alicyclic amines) is 1. The molecule has 14 nitrogen and oxygen atoms in total. The molecule has 314 valence electrons. The van der Waals surface area contributed by atoms with Crippen LogP contribution in [0.3, 0.4) is 0 Å². The van der Waals surface area contributed by atoms with Gasteiger partial charge in [-0.15, -0.1) is 11.3 Å². The van der Waals surface area contributed by atoms with E-state index in [0.717, 1.165) is 53.6 Å². The number of carbonyl (C=O) groups excluding carboxylic acids is 4. The molecule has 3 atom stereocenters. The van der Waals surface area contributed by atoms with E-state index in [9.17, 15) is 24.0 Å². The number of rotatable bonds is 17. The molecule has 0 bridgehead atoms. The quantitative estimate of drug-likeness (QED) is 0.144. The van der Waals surface area contributed by atoms with E-state index in [0.29, 0.717) is 57.5 Å². The summed E-state index contributed by atoms with van der Waals surface area (Å²) in [5.74, 6) is -0.575. The van der Waals surface area contributed by atoms with Crippen LogP contribution >= 0.6 is 11.3 Å². The van der Waals surface area contributed by atoms with Crippen LogP contribution in [0.4, 0.5) is 10.5 Å². The molecule has 1 aromatic heterocycles. The number of nitrogens with zero attached hydrogens (tertiary/aromatic N) is 5. The summed E-state index contributed by atoms with van der Waals surface area (Å²) in [6.45, 7) is 15.2. The minimum atomic E-state index is -0.955. The van der Waals surface area contributed by atoms with Crippen LogP contribution in [0.5, 0.6) is 0 Å². The Balaban J connectivity index is 1.00. The van der Waals surface area contributed by atoms with E-state index >= 15 is 0 Å². The monoisotopic (exact) mass is 816 g/mol. The summed E-state index contributed by atoms with van der Waals surface area (Å²) in [4.78, 5) is 77.2. The van der Waals surface area contributed by atoms with Gasteiger partial charge in [0.05, 0.1) is 21.5 Å². The van der Waals surface area contributed by atoms with E-state index in [2.05, 4.69) is 55.0 Å². The van der Waals surface area contributed by atoms with Crippen molar-refractivity contribution in [3.8, 4) is 10.4 Å². The van der Waals surface area contributed by atoms with Crippen molar-refractivity contribution in [1.82, 2.24) is 35.6 Å². The van der Waals surface area contributed by atoms with Crippen molar-refractivity contribution in [3.63, 3.8) is 0 Å². The molecule has 2 aliphatic rings. The molecule has 3 heterocycles. The zero-order valence-corrected chi connectivity index (χ0v) is 35.6. The summed E-state index contributed by atoms with van der Waals surface area (Å²) < 4.78 is 0. The van der Waals surface area contributed by atoms with Crippen molar-refractivity contribution in [2.24, 2.45) is 11.3 Å². The molecule has 5 rings (SSSR count). The molecule has 2 saturated heterocycles. The molecule has 0 unspecified atom stereocenters. The van der Waals surface area contributed by atoms with Gasteiger partial charge in [-0.1, -0.05) is 31.2 Å². The largest absolute Gasteiger partial charge is 0.465 e. The minimum absolute atomic E-state index is 0.157. The van der Waals surface area contributed by atoms with Crippen LogP contribution in [0.2, 0.25) is 0 Å². The van der Waals surface area contributed by atoms with E-state index < -0.39 is 23.6 Å². The third-order valence-electron chi connectivity index (χ3n) is 11.6. The van der Waals surface area contributed by atoms with Crippen molar-refractivity contribution in [3.05, 3.63) is 70.9 Å². The van der Waals surface area contributed by atoms with Crippen molar-refractivity contribution in [2.45, 2.75) is 72.4 Å². The second-order valence-corrected chi connectivity index (χ2v) is 17.1. The molecular formula is C43H60N8O6S. The second kappa shape index (κ2) is 20.1. The number of piperazine rings is 1. The molecule has 5 amide bonds. The molecule has 2 aliphatic heterocycles. The van der Waals surface area contributed by atoms with Gasteiger partial charge in [0, 0.05) is 89.7 Å². The summed E-state index contributed by atoms with van der Waals surface area (Å²) in [5.41, 5.74) is 5.71. The van der Waals surface area contributed by atoms with Gasteiger partial charge in [-0.2, -0.15) is 0 Å². The molecule has 0 spiro atoms. The highest BCUT2D eigenvalue weighted by atomic mass is 32.1. The van der Waals surface area contributed by atoms with Gasteiger partial charge >= 0.3 is 6.09 Å². The lowest BCUT2D eigenvalue weighted by Crippen LogP contribution is -2.55. The number of hydrogen-bond acceptors (Lipinski definition) is 9. The predicted octanol–water partition coefficient (Wildman–Crippen LogP) is 4.49. The lowest BCUT2D eigenvalue weighted by molar-refractivity contribution is -0.147. The van der Waals surface area contributed by atoms with Gasteiger partial charge in [0.1, 0.15) is 6.04 Å². The SMILES string of the molecule is Cc1ncsc1-c1ccc(CCNC(=O)[C@@H]2C[C@@H](C)CN2C(=O)C(C)(C)[C@H](C)NC(=O)CCCNC(=O)c2ccc(N3CCN(CCN(C)C(=O)O)CC3)cc2)cc1. The van der Waals surface area contributed by atoms with E-state index in [1.165, 1.54) is 4.90 Å². The molecule has 2 fully saturated rings. The Morgan fingerprint density at radius 1 is 0.983 bits per heavy atom. The number of carbonyl (C=O) groups is 5. The maximum Gasteiger partial charge on any atom is 0.407 e. The van der Waals surface area contributed by atoms with E-state index in [4.69, 9.17) is 5.11 Å². The van der Waals surface area contributed by atoms with Gasteiger partial charge < -0.3 is 35.8 Å². The van der Waals surface area contributed by atoms with Gasteiger partial charge in [0.15, 0.2) is 0 Å². The first-order valence-corrected chi connectivity index (χ1v) is 21.2.